The molecule has 0 fully saturated rings. The van der Waals surface area contributed by atoms with Crippen LogP contribution in [0, 0.1) is 5.92 Å². The van der Waals surface area contributed by atoms with E-state index in [9.17, 15) is 0 Å². The molecule has 1 N–H and O–H groups in total. The van der Waals surface area contributed by atoms with Crippen LogP contribution in [0.4, 0.5) is 5.82 Å². The van der Waals surface area contributed by atoms with E-state index in [4.69, 9.17) is 26.7 Å². The van der Waals surface area contributed by atoms with Gasteiger partial charge in [0.25, 0.3) is 0 Å². The highest BCUT2D eigenvalue weighted by Gasteiger charge is 2.18. The van der Waals surface area contributed by atoms with Crippen molar-refractivity contribution in [1.29, 1.82) is 0 Å². The van der Waals surface area contributed by atoms with Gasteiger partial charge in [-0.05, 0) is 30.4 Å². The number of anilines is 1. The normalized spacial score (nSPS) is 19.3. The first-order valence-corrected chi connectivity index (χ1v) is 9.67. The van der Waals surface area contributed by atoms with Crippen molar-refractivity contribution in [1.82, 2.24) is 14.9 Å². The van der Waals surface area contributed by atoms with Crippen molar-refractivity contribution in [2.75, 3.05) is 39.2 Å². The van der Waals surface area contributed by atoms with E-state index in [1.807, 2.05) is 67.4 Å². The molecule has 0 radical (unpaired) electrons. The Morgan fingerprint density at radius 1 is 1.21 bits per heavy atom. The molecule has 1 aliphatic heterocycles. The maximum absolute atomic E-state index is 9.15. The fourth-order valence-electron chi connectivity index (χ4n) is 3.08. The molecule has 7 heteroatoms. The molecular weight excluding hydrogens is 374 g/mol. The number of aliphatic imine (C=N–C) groups is 1. The molecule has 1 aromatic heterocycles. The van der Waals surface area contributed by atoms with Crippen LogP contribution < -0.4 is 4.90 Å². The molecule has 2 heterocycles. The zero-order valence-electron chi connectivity index (χ0n) is 16.7. The van der Waals surface area contributed by atoms with Crippen LogP contribution in [0.25, 0.3) is 17.0 Å². The number of hydrogen-bond acceptors (Lipinski definition) is 6. The molecule has 0 saturated heterocycles. The van der Waals surface area contributed by atoms with Gasteiger partial charge in [-0.2, -0.15) is 0 Å². The lowest BCUT2D eigenvalue weighted by atomic mass is 9.99. The second kappa shape index (κ2) is 8.71. The number of amidine groups is 1. The molecule has 148 valence electrons. The highest BCUT2D eigenvalue weighted by Crippen LogP contribution is 2.26. The van der Waals surface area contributed by atoms with E-state index in [0.29, 0.717) is 17.4 Å². The Hall–Kier alpha value is -2.44. The summed E-state index contributed by atoms with van der Waals surface area (Å²) in [7, 11) is 5.84. The van der Waals surface area contributed by atoms with E-state index in [0.717, 1.165) is 22.6 Å². The van der Waals surface area contributed by atoms with Crippen molar-refractivity contribution in [3.05, 3.63) is 47.3 Å². The SMILES string of the molecule is CC1C=CC(N(C)CCO)=NC1C=Cc1nc(N(C)C)c2cc(Cl)ccc2n1. The third-order valence-corrected chi connectivity index (χ3v) is 4.95. The molecule has 0 bridgehead atoms. The lowest BCUT2D eigenvalue weighted by Crippen LogP contribution is -2.32. The minimum Gasteiger partial charge on any atom is -0.395 e. The number of halogens is 1. The van der Waals surface area contributed by atoms with Gasteiger partial charge < -0.3 is 14.9 Å². The van der Waals surface area contributed by atoms with Crippen LogP contribution in [0.3, 0.4) is 0 Å². The Kier molecular flexibility index (Phi) is 6.31. The number of nitrogens with zero attached hydrogens (tertiary/aromatic N) is 5. The number of dihydropyridines is 1. The molecule has 1 aliphatic rings. The van der Waals surface area contributed by atoms with E-state index >= 15 is 0 Å². The third-order valence-electron chi connectivity index (χ3n) is 4.72. The van der Waals surface area contributed by atoms with Gasteiger partial charge in [0.05, 0.1) is 18.2 Å². The third kappa shape index (κ3) is 4.51. The van der Waals surface area contributed by atoms with E-state index in [-0.39, 0.29) is 18.6 Å². The molecule has 0 saturated carbocycles. The van der Waals surface area contributed by atoms with Crippen molar-refractivity contribution in [3.63, 3.8) is 0 Å². The number of benzene rings is 1. The number of hydrogen-bond donors (Lipinski definition) is 1. The summed E-state index contributed by atoms with van der Waals surface area (Å²) in [5.74, 6) is 2.61. The number of fused-ring (bicyclic) bond motifs is 1. The van der Waals surface area contributed by atoms with Gasteiger partial charge in [-0.25, -0.2) is 9.97 Å². The number of likely N-dealkylation sites (N-methyl/N-ethyl adjacent to an activating group) is 1. The van der Waals surface area contributed by atoms with Gasteiger partial charge in [0.2, 0.25) is 0 Å². The number of aliphatic hydroxyl groups is 1. The minimum atomic E-state index is -0.00605. The number of aromatic nitrogens is 2. The zero-order valence-corrected chi connectivity index (χ0v) is 17.4. The van der Waals surface area contributed by atoms with Crippen molar-refractivity contribution in [2.24, 2.45) is 10.9 Å². The average Bonchev–Trinajstić information content (AvgIpc) is 2.66. The van der Waals surface area contributed by atoms with Crippen LogP contribution in [0.2, 0.25) is 5.02 Å². The van der Waals surface area contributed by atoms with Crippen molar-refractivity contribution >= 4 is 40.2 Å². The van der Waals surface area contributed by atoms with Crippen LogP contribution >= 0.6 is 11.6 Å². The summed E-state index contributed by atoms with van der Waals surface area (Å²) in [5, 5.41) is 10.7. The molecule has 0 amide bonds. The molecule has 2 atom stereocenters. The van der Waals surface area contributed by atoms with Gasteiger partial charge in [-0.15, -0.1) is 0 Å². The van der Waals surface area contributed by atoms with Gasteiger partial charge >= 0.3 is 0 Å². The van der Waals surface area contributed by atoms with Crippen molar-refractivity contribution in [2.45, 2.75) is 13.0 Å². The molecule has 1 aromatic carbocycles. The summed E-state index contributed by atoms with van der Waals surface area (Å²) in [4.78, 5) is 18.1. The van der Waals surface area contributed by atoms with E-state index < -0.39 is 0 Å². The summed E-state index contributed by atoms with van der Waals surface area (Å²) >= 11 is 6.15. The highest BCUT2D eigenvalue weighted by atomic mass is 35.5. The first-order valence-electron chi connectivity index (χ1n) is 9.30. The van der Waals surface area contributed by atoms with E-state index in [1.165, 1.54) is 0 Å². The van der Waals surface area contributed by atoms with Crippen LogP contribution in [-0.4, -0.2) is 66.1 Å². The topological polar surface area (TPSA) is 64.8 Å². The Morgan fingerprint density at radius 2 is 2.00 bits per heavy atom. The molecular formula is C21H26ClN5O. The Labute approximate surface area is 170 Å². The Morgan fingerprint density at radius 3 is 2.71 bits per heavy atom. The van der Waals surface area contributed by atoms with Gasteiger partial charge in [0, 0.05) is 44.0 Å². The molecule has 0 spiro atoms. The molecule has 6 nitrogen and oxygen atoms in total. The maximum atomic E-state index is 9.15. The van der Waals surface area contributed by atoms with Gasteiger partial charge in [0.1, 0.15) is 11.7 Å². The summed E-state index contributed by atoms with van der Waals surface area (Å²) in [6, 6.07) is 5.64. The van der Waals surface area contributed by atoms with Gasteiger partial charge in [-0.3, -0.25) is 4.99 Å². The lowest BCUT2D eigenvalue weighted by molar-refractivity contribution is 0.263. The maximum Gasteiger partial charge on any atom is 0.154 e. The van der Waals surface area contributed by atoms with Crippen LogP contribution in [0.5, 0.6) is 0 Å². The number of rotatable bonds is 5. The quantitative estimate of drug-likeness (QED) is 0.835. The van der Waals surface area contributed by atoms with E-state index in [1.54, 1.807) is 0 Å². The second-order valence-corrected chi connectivity index (χ2v) is 7.60. The summed E-state index contributed by atoms with van der Waals surface area (Å²) in [6.07, 6.45) is 8.11. The van der Waals surface area contributed by atoms with Crippen molar-refractivity contribution in [3.8, 4) is 0 Å². The monoisotopic (exact) mass is 399 g/mol. The van der Waals surface area contributed by atoms with Crippen LogP contribution in [-0.2, 0) is 0 Å². The van der Waals surface area contributed by atoms with Gasteiger partial charge in [-0.1, -0.05) is 30.7 Å². The molecule has 28 heavy (non-hydrogen) atoms. The predicted octanol–water partition coefficient (Wildman–Crippen LogP) is 3.26. The molecule has 2 unspecified atom stereocenters. The standard InChI is InChI=1S/C21H26ClN5O/c1-14-5-10-20(27(4)11-12-28)24-17(14)8-9-19-23-18-7-6-15(22)13-16(18)21(25-19)26(2)3/h5-10,13-14,17,28H,11-12H2,1-4H3. The molecule has 0 aliphatic carbocycles. The summed E-state index contributed by atoms with van der Waals surface area (Å²) in [5.41, 5.74) is 0.853. The van der Waals surface area contributed by atoms with Gasteiger partial charge in [0.15, 0.2) is 5.82 Å². The largest absolute Gasteiger partial charge is 0.395 e. The highest BCUT2D eigenvalue weighted by molar-refractivity contribution is 6.31. The smallest absolute Gasteiger partial charge is 0.154 e. The Bertz CT molecular complexity index is 938. The lowest BCUT2D eigenvalue weighted by Gasteiger charge is -2.25. The predicted molar refractivity (Wildman–Crippen MR) is 117 cm³/mol. The second-order valence-electron chi connectivity index (χ2n) is 7.16. The number of aliphatic hydroxyl groups excluding tert-OH is 1. The van der Waals surface area contributed by atoms with Crippen LogP contribution in [0.15, 0.2) is 41.4 Å². The van der Waals surface area contributed by atoms with E-state index in [2.05, 4.69) is 18.0 Å². The minimum absolute atomic E-state index is 0.00605. The Balaban J connectivity index is 1.92. The zero-order chi connectivity index (χ0) is 20.3. The summed E-state index contributed by atoms with van der Waals surface area (Å²) in [6.45, 7) is 2.78. The first-order chi connectivity index (χ1) is 13.4. The average molecular weight is 400 g/mol. The first kappa shape index (κ1) is 20.3. The molecule has 3 rings (SSSR count). The molecule has 2 aromatic rings. The van der Waals surface area contributed by atoms with Crippen LogP contribution in [0.1, 0.15) is 12.7 Å². The fraction of sp³-hybridized carbons (Fsp3) is 0.381. The fourth-order valence-corrected chi connectivity index (χ4v) is 3.25. The summed E-state index contributed by atoms with van der Waals surface area (Å²) < 4.78 is 0. The van der Waals surface area contributed by atoms with Crippen molar-refractivity contribution < 1.29 is 5.11 Å².